The first-order valence-electron chi connectivity index (χ1n) is 5.29. The number of carbonyl (C=O) groups excluding carboxylic acids is 1. The summed E-state index contributed by atoms with van der Waals surface area (Å²) in [6.45, 7) is 2.88. The first kappa shape index (κ1) is 12.2. The van der Waals surface area contributed by atoms with Crippen molar-refractivity contribution in [2.45, 2.75) is 13.3 Å². The largest absolute Gasteiger partial charge is 0.312 e. The first-order chi connectivity index (χ1) is 7.61. The number of hydrogen-bond donors (Lipinski definition) is 1. The van der Waals surface area contributed by atoms with Crippen molar-refractivity contribution in [3.63, 3.8) is 0 Å². The normalized spacial score (nSPS) is 20.6. The van der Waals surface area contributed by atoms with Crippen molar-refractivity contribution in [1.82, 2.24) is 0 Å². The molecule has 1 aliphatic rings. The lowest BCUT2D eigenvalue weighted by Gasteiger charge is -2.17. The number of hydrogen-bond acceptors (Lipinski definition) is 2. The van der Waals surface area contributed by atoms with Gasteiger partial charge in [-0.15, -0.1) is 0 Å². The Kier molecular flexibility index (Phi) is 3.79. The molecule has 2 rings (SSSR count). The molecule has 1 unspecified atom stereocenters. The molecule has 86 valence electrons. The smallest absolute Gasteiger partial charge is 0.227 e. The van der Waals surface area contributed by atoms with Gasteiger partial charge >= 0.3 is 0 Å². The van der Waals surface area contributed by atoms with E-state index in [1.165, 1.54) is 9.13 Å². The highest BCUT2D eigenvalue weighted by atomic mass is 127. The fourth-order valence-corrected chi connectivity index (χ4v) is 2.65. The maximum absolute atomic E-state index is 11.8. The summed E-state index contributed by atoms with van der Waals surface area (Å²) >= 11 is 6.57. The molecule has 0 saturated carbocycles. The van der Waals surface area contributed by atoms with Crippen molar-refractivity contribution in [2.24, 2.45) is 5.92 Å². The van der Waals surface area contributed by atoms with Crippen molar-refractivity contribution in [3.8, 4) is 0 Å². The monoisotopic (exact) mass is 347 g/mol. The summed E-state index contributed by atoms with van der Waals surface area (Å²) in [4.78, 5) is 13.7. The van der Waals surface area contributed by atoms with Gasteiger partial charge < -0.3 is 4.90 Å². The molecule has 1 heterocycles. The third-order valence-corrected chi connectivity index (χ3v) is 4.61. The molecule has 1 aromatic rings. The third kappa shape index (κ3) is 2.37. The van der Waals surface area contributed by atoms with E-state index in [1.54, 1.807) is 0 Å². The molecule has 1 atom stereocenters. The lowest BCUT2D eigenvalue weighted by molar-refractivity contribution is -0.117. The molecular formula is C12H14INOS. The molecule has 0 spiro atoms. The van der Waals surface area contributed by atoms with Gasteiger partial charge in [-0.05, 0) is 58.9 Å². The molecule has 0 aromatic heterocycles. The summed E-state index contributed by atoms with van der Waals surface area (Å²) in [7, 11) is 0. The quantitative estimate of drug-likeness (QED) is 0.644. The van der Waals surface area contributed by atoms with E-state index in [0.717, 1.165) is 18.0 Å². The van der Waals surface area contributed by atoms with Gasteiger partial charge in [0.05, 0.1) is 0 Å². The summed E-state index contributed by atoms with van der Waals surface area (Å²) in [5, 5.41) is 0. The Labute approximate surface area is 115 Å². The second-order valence-corrected chi connectivity index (χ2v) is 5.72. The highest BCUT2D eigenvalue weighted by molar-refractivity contribution is 14.1. The lowest BCUT2D eigenvalue weighted by Crippen LogP contribution is -2.24. The van der Waals surface area contributed by atoms with E-state index >= 15 is 0 Å². The van der Waals surface area contributed by atoms with Crippen LogP contribution in [-0.4, -0.2) is 18.2 Å². The van der Waals surface area contributed by atoms with Crippen molar-refractivity contribution in [3.05, 3.63) is 27.3 Å². The minimum atomic E-state index is 0.221. The molecule has 1 fully saturated rings. The van der Waals surface area contributed by atoms with Gasteiger partial charge in [-0.2, -0.15) is 12.6 Å². The van der Waals surface area contributed by atoms with Gasteiger partial charge in [-0.25, -0.2) is 0 Å². The molecule has 4 heteroatoms. The van der Waals surface area contributed by atoms with Crippen LogP contribution in [0.4, 0.5) is 5.69 Å². The van der Waals surface area contributed by atoms with Gasteiger partial charge in [0, 0.05) is 22.2 Å². The van der Waals surface area contributed by atoms with Crippen LogP contribution in [0, 0.1) is 16.4 Å². The number of halogens is 1. The zero-order valence-corrected chi connectivity index (χ0v) is 12.2. The second-order valence-electron chi connectivity index (χ2n) is 4.19. The zero-order chi connectivity index (χ0) is 11.7. The number of rotatable bonds is 2. The topological polar surface area (TPSA) is 20.3 Å². The Balaban J connectivity index is 2.24. The second kappa shape index (κ2) is 4.96. The predicted octanol–water partition coefficient (Wildman–Crippen LogP) is 2.88. The van der Waals surface area contributed by atoms with Gasteiger partial charge in [0.25, 0.3) is 0 Å². The summed E-state index contributed by atoms with van der Waals surface area (Å²) in [5.41, 5.74) is 2.27. The minimum absolute atomic E-state index is 0.221. The van der Waals surface area contributed by atoms with E-state index in [2.05, 4.69) is 54.3 Å². The molecule has 0 aliphatic carbocycles. The van der Waals surface area contributed by atoms with Gasteiger partial charge in [0.1, 0.15) is 0 Å². The Morgan fingerprint density at radius 3 is 2.88 bits per heavy atom. The molecule has 1 aliphatic heterocycles. The molecule has 0 N–H and O–H groups in total. The molecular weight excluding hydrogens is 333 g/mol. The van der Waals surface area contributed by atoms with Gasteiger partial charge in [-0.3, -0.25) is 4.79 Å². The molecule has 1 amide bonds. The number of anilines is 1. The van der Waals surface area contributed by atoms with Crippen LogP contribution < -0.4 is 4.90 Å². The van der Waals surface area contributed by atoms with Crippen LogP contribution in [0.2, 0.25) is 0 Å². The summed E-state index contributed by atoms with van der Waals surface area (Å²) in [6, 6.07) is 6.17. The lowest BCUT2D eigenvalue weighted by atomic mass is 10.1. The molecule has 0 bridgehead atoms. The average Bonchev–Trinajstić information content (AvgIpc) is 2.64. The molecule has 0 radical (unpaired) electrons. The number of nitrogens with zero attached hydrogens (tertiary/aromatic N) is 1. The minimum Gasteiger partial charge on any atom is -0.312 e. The van der Waals surface area contributed by atoms with Crippen molar-refractivity contribution < 1.29 is 4.79 Å². The van der Waals surface area contributed by atoms with E-state index in [1.807, 2.05) is 11.0 Å². The van der Waals surface area contributed by atoms with Gasteiger partial charge in [0.2, 0.25) is 5.91 Å². The maximum atomic E-state index is 11.8. The number of benzene rings is 1. The number of carbonyl (C=O) groups is 1. The van der Waals surface area contributed by atoms with E-state index in [-0.39, 0.29) is 5.91 Å². The van der Waals surface area contributed by atoms with Crippen LogP contribution in [-0.2, 0) is 4.79 Å². The van der Waals surface area contributed by atoms with Crippen molar-refractivity contribution in [1.29, 1.82) is 0 Å². The summed E-state index contributed by atoms with van der Waals surface area (Å²) < 4.78 is 1.21. The SMILES string of the molecule is Cc1ccc(N2CC(CS)CC2=O)cc1I. The van der Waals surface area contributed by atoms with E-state index < -0.39 is 0 Å². The van der Waals surface area contributed by atoms with E-state index in [9.17, 15) is 4.79 Å². The zero-order valence-electron chi connectivity index (χ0n) is 9.11. The first-order valence-corrected chi connectivity index (χ1v) is 7.00. The summed E-state index contributed by atoms with van der Waals surface area (Å²) in [5.74, 6) is 1.40. The number of aryl methyl sites for hydroxylation is 1. The molecule has 2 nitrogen and oxygen atoms in total. The van der Waals surface area contributed by atoms with Crippen LogP contribution in [0.1, 0.15) is 12.0 Å². The van der Waals surface area contributed by atoms with Crippen LogP contribution >= 0.6 is 35.2 Å². The fraction of sp³-hybridized carbons (Fsp3) is 0.417. The maximum Gasteiger partial charge on any atom is 0.227 e. The fourth-order valence-electron chi connectivity index (χ4n) is 1.90. The Morgan fingerprint density at radius 2 is 2.31 bits per heavy atom. The van der Waals surface area contributed by atoms with Gasteiger partial charge in [0.15, 0.2) is 0 Å². The Morgan fingerprint density at radius 1 is 1.56 bits per heavy atom. The van der Waals surface area contributed by atoms with E-state index in [4.69, 9.17) is 0 Å². The Bertz CT molecular complexity index is 421. The molecule has 16 heavy (non-hydrogen) atoms. The van der Waals surface area contributed by atoms with Crippen LogP contribution in [0.3, 0.4) is 0 Å². The van der Waals surface area contributed by atoms with E-state index in [0.29, 0.717) is 12.3 Å². The summed E-state index contributed by atoms with van der Waals surface area (Å²) in [6.07, 6.45) is 0.633. The number of thiol groups is 1. The van der Waals surface area contributed by atoms with Crippen LogP contribution in [0.5, 0.6) is 0 Å². The predicted molar refractivity (Wildman–Crippen MR) is 78.2 cm³/mol. The molecule has 1 aromatic carbocycles. The van der Waals surface area contributed by atoms with Gasteiger partial charge in [-0.1, -0.05) is 6.07 Å². The standard InChI is InChI=1S/C12H14INOS/c1-8-2-3-10(5-11(8)13)14-6-9(7-16)4-12(14)15/h2-3,5,9,16H,4,6-7H2,1H3. The average molecular weight is 347 g/mol. The van der Waals surface area contributed by atoms with Crippen molar-refractivity contribution >= 4 is 46.8 Å². The Hall–Kier alpha value is -0.230. The molecule has 1 saturated heterocycles. The highest BCUT2D eigenvalue weighted by Gasteiger charge is 2.29. The number of amides is 1. The van der Waals surface area contributed by atoms with Crippen LogP contribution in [0.15, 0.2) is 18.2 Å². The third-order valence-electron chi connectivity index (χ3n) is 2.93. The van der Waals surface area contributed by atoms with Crippen molar-refractivity contribution in [2.75, 3.05) is 17.2 Å². The van der Waals surface area contributed by atoms with Crippen LogP contribution in [0.25, 0.3) is 0 Å². The highest BCUT2D eigenvalue weighted by Crippen LogP contribution is 2.27.